The van der Waals surface area contributed by atoms with E-state index in [-0.39, 0.29) is 5.91 Å². The van der Waals surface area contributed by atoms with Crippen molar-refractivity contribution in [3.05, 3.63) is 29.3 Å². The van der Waals surface area contributed by atoms with Gasteiger partial charge in [0, 0.05) is 31.1 Å². The van der Waals surface area contributed by atoms with Crippen molar-refractivity contribution in [1.82, 2.24) is 4.90 Å². The third kappa shape index (κ3) is 3.81. The fourth-order valence-electron chi connectivity index (χ4n) is 2.04. The molecule has 0 saturated carbocycles. The van der Waals surface area contributed by atoms with Gasteiger partial charge in [0.2, 0.25) is 0 Å². The van der Waals surface area contributed by atoms with Crippen LogP contribution in [-0.2, 0) is 11.2 Å². The number of hydrogen-bond donors (Lipinski definition) is 0. The molecule has 0 fully saturated rings. The number of ether oxygens (including phenoxy) is 1. The maximum absolute atomic E-state index is 12.4. The molecule has 0 spiro atoms. The van der Waals surface area contributed by atoms with Crippen molar-refractivity contribution in [1.29, 1.82) is 0 Å². The van der Waals surface area contributed by atoms with Crippen LogP contribution in [0.4, 0.5) is 0 Å². The lowest BCUT2D eigenvalue weighted by molar-refractivity contribution is -0.107. The lowest BCUT2D eigenvalue weighted by Gasteiger charge is -2.19. The van der Waals surface area contributed by atoms with Gasteiger partial charge in [0.15, 0.2) is 0 Å². The molecule has 4 heteroatoms. The van der Waals surface area contributed by atoms with Gasteiger partial charge in [0.1, 0.15) is 12.0 Å². The number of carbonyl (C=O) groups excluding carboxylic acids is 2. The number of carbonyl (C=O) groups is 2. The van der Waals surface area contributed by atoms with Crippen LogP contribution in [0.5, 0.6) is 5.75 Å². The van der Waals surface area contributed by atoms with E-state index >= 15 is 0 Å². The molecule has 1 aromatic carbocycles. The Hall–Kier alpha value is -1.84. The van der Waals surface area contributed by atoms with E-state index in [9.17, 15) is 9.59 Å². The molecular formula is C15H21NO3. The number of unbranched alkanes of at least 4 members (excludes halogenated alkanes) is 1. The summed E-state index contributed by atoms with van der Waals surface area (Å²) in [6.45, 7) is 2.58. The summed E-state index contributed by atoms with van der Waals surface area (Å²) in [6.07, 6.45) is 2.79. The molecule has 0 aliphatic carbocycles. The average Bonchev–Trinajstić information content (AvgIpc) is 2.45. The van der Waals surface area contributed by atoms with Gasteiger partial charge in [0.05, 0.1) is 7.11 Å². The quantitative estimate of drug-likeness (QED) is 0.560. The van der Waals surface area contributed by atoms with E-state index in [1.165, 1.54) is 0 Å². The number of hydrogen-bond acceptors (Lipinski definition) is 3. The first-order valence-corrected chi connectivity index (χ1v) is 6.50. The first kappa shape index (κ1) is 15.2. The second kappa shape index (κ2) is 7.56. The molecule has 0 N–H and O–H groups in total. The molecule has 0 heterocycles. The Morgan fingerprint density at radius 2 is 2.16 bits per heavy atom. The average molecular weight is 263 g/mol. The zero-order valence-electron chi connectivity index (χ0n) is 11.8. The molecule has 0 aromatic heterocycles. The standard InChI is InChI=1S/C15H21NO3/c1-4-12-13(8-7-9-14(12)19-3)15(18)16(2)10-5-6-11-17/h7-9,11H,4-6,10H2,1-3H3. The fourth-order valence-corrected chi connectivity index (χ4v) is 2.04. The maximum Gasteiger partial charge on any atom is 0.254 e. The molecular weight excluding hydrogens is 242 g/mol. The Bertz CT molecular complexity index is 443. The normalized spacial score (nSPS) is 10.1. The summed E-state index contributed by atoms with van der Waals surface area (Å²) >= 11 is 0. The first-order valence-electron chi connectivity index (χ1n) is 6.50. The molecule has 1 rings (SSSR count). The minimum atomic E-state index is -0.0263. The van der Waals surface area contributed by atoms with Crippen molar-refractivity contribution in [3.63, 3.8) is 0 Å². The van der Waals surface area contributed by atoms with Crippen LogP contribution >= 0.6 is 0 Å². The topological polar surface area (TPSA) is 46.6 Å². The molecule has 0 radical (unpaired) electrons. The van der Waals surface area contributed by atoms with E-state index in [1.807, 2.05) is 25.1 Å². The summed E-state index contributed by atoms with van der Waals surface area (Å²) in [5.74, 6) is 0.719. The third-order valence-electron chi connectivity index (χ3n) is 3.10. The molecule has 0 unspecified atom stereocenters. The monoisotopic (exact) mass is 263 g/mol. The zero-order chi connectivity index (χ0) is 14.3. The number of amides is 1. The number of aldehydes is 1. The van der Waals surface area contributed by atoms with Crippen molar-refractivity contribution in [2.75, 3.05) is 20.7 Å². The van der Waals surface area contributed by atoms with Crippen LogP contribution in [0.2, 0.25) is 0 Å². The highest BCUT2D eigenvalue weighted by atomic mass is 16.5. The van der Waals surface area contributed by atoms with Gasteiger partial charge in [-0.15, -0.1) is 0 Å². The molecule has 0 aliphatic rings. The van der Waals surface area contributed by atoms with Crippen LogP contribution in [0.25, 0.3) is 0 Å². The summed E-state index contributed by atoms with van der Waals surface area (Å²) < 4.78 is 5.29. The minimum Gasteiger partial charge on any atom is -0.496 e. The molecule has 19 heavy (non-hydrogen) atoms. The van der Waals surface area contributed by atoms with Crippen molar-refractivity contribution in [3.8, 4) is 5.75 Å². The van der Waals surface area contributed by atoms with E-state index in [1.54, 1.807) is 19.1 Å². The van der Waals surface area contributed by atoms with Gasteiger partial charge in [-0.2, -0.15) is 0 Å². The highest BCUT2D eigenvalue weighted by molar-refractivity contribution is 5.96. The third-order valence-corrected chi connectivity index (χ3v) is 3.10. The molecule has 0 bridgehead atoms. The predicted octanol–water partition coefficient (Wildman–Crippen LogP) is 2.31. The second-order valence-electron chi connectivity index (χ2n) is 4.38. The molecule has 0 saturated heterocycles. The number of rotatable bonds is 7. The maximum atomic E-state index is 12.4. The summed E-state index contributed by atoms with van der Waals surface area (Å²) in [5, 5.41) is 0. The minimum absolute atomic E-state index is 0.0263. The zero-order valence-corrected chi connectivity index (χ0v) is 11.8. The lowest BCUT2D eigenvalue weighted by atomic mass is 10.0. The Labute approximate surface area is 114 Å². The summed E-state index contributed by atoms with van der Waals surface area (Å²) in [7, 11) is 3.36. The second-order valence-corrected chi connectivity index (χ2v) is 4.38. The molecule has 4 nitrogen and oxygen atoms in total. The summed E-state index contributed by atoms with van der Waals surface area (Å²) in [4.78, 5) is 24.3. The lowest BCUT2D eigenvalue weighted by Crippen LogP contribution is -2.28. The molecule has 1 aromatic rings. The van der Waals surface area contributed by atoms with Gasteiger partial charge in [-0.1, -0.05) is 13.0 Å². The van der Waals surface area contributed by atoms with Gasteiger partial charge in [0.25, 0.3) is 5.91 Å². The van der Waals surface area contributed by atoms with Crippen molar-refractivity contribution in [2.24, 2.45) is 0 Å². The van der Waals surface area contributed by atoms with Crippen molar-refractivity contribution in [2.45, 2.75) is 26.2 Å². The van der Waals surface area contributed by atoms with Gasteiger partial charge >= 0.3 is 0 Å². The van der Waals surface area contributed by atoms with Gasteiger partial charge in [-0.05, 0) is 25.0 Å². The highest BCUT2D eigenvalue weighted by Crippen LogP contribution is 2.23. The largest absolute Gasteiger partial charge is 0.496 e. The van der Waals surface area contributed by atoms with E-state index in [0.717, 1.165) is 24.0 Å². The Morgan fingerprint density at radius 3 is 2.74 bits per heavy atom. The summed E-state index contributed by atoms with van der Waals surface area (Å²) in [6, 6.07) is 5.51. The predicted molar refractivity (Wildman–Crippen MR) is 74.6 cm³/mol. The molecule has 1 amide bonds. The van der Waals surface area contributed by atoms with Crippen molar-refractivity contribution >= 4 is 12.2 Å². The number of nitrogens with zero attached hydrogens (tertiary/aromatic N) is 1. The smallest absolute Gasteiger partial charge is 0.254 e. The van der Waals surface area contributed by atoms with Crippen LogP contribution in [0.1, 0.15) is 35.7 Å². The molecule has 0 atom stereocenters. The SMILES string of the molecule is CCc1c(OC)cccc1C(=O)N(C)CCCC=O. The van der Waals surface area contributed by atoms with Crippen LogP contribution in [0.15, 0.2) is 18.2 Å². The van der Waals surface area contributed by atoms with Gasteiger partial charge in [-0.3, -0.25) is 4.79 Å². The first-order chi connectivity index (χ1) is 9.15. The number of methoxy groups -OCH3 is 1. The molecule has 0 aliphatic heterocycles. The van der Waals surface area contributed by atoms with E-state index in [0.29, 0.717) is 24.9 Å². The van der Waals surface area contributed by atoms with Crippen LogP contribution in [0, 0.1) is 0 Å². The van der Waals surface area contributed by atoms with Gasteiger partial charge in [-0.25, -0.2) is 0 Å². The van der Waals surface area contributed by atoms with Crippen molar-refractivity contribution < 1.29 is 14.3 Å². The van der Waals surface area contributed by atoms with E-state index < -0.39 is 0 Å². The van der Waals surface area contributed by atoms with Gasteiger partial charge < -0.3 is 14.4 Å². The van der Waals surface area contributed by atoms with E-state index in [4.69, 9.17) is 4.74 Å². The van der Waals surface area contributed by atoms with Crippen LogP contribution in [0.3, 0.4) is 0 Å². The number of benzene rings is 1. The Balaban J connectivity index is 2.89. The molecule has 104 valence electrons. The Kier molecular flexibility index (Phi) is 6.06. The van der Waals surface area contributed by atoms with E-state index in [2.05, 4.69) is 0 Å². The van der Waals surface area contributed by atoms with Crippen LogP contribution < -0.4 is 4.74 Å². The van der Waals surface area contributed by atoms with Crippen LogP contribution in [-0.4, -0.2) is 37.8 Å². The Morgan fingerprint density at radius 1 is 1.42 bits per heavy atom. The summed E-state index contributed by atoms with van der Waals surface area (Å²) in [5.41, 5.74) is 1.60. The fraction of sp³-hybridized carbons (Fsp3) is 0.467. The highest BCUT2D eigenvalue weighted by Gasteiger charge is 2.17.